The van der Waals surface area contributed by atoms with Crippen LogP contribution in [0.2, 0.25) is 5.02 Å². The third kappa shape index (κ3) is 3.26. The number of halogens is 3. The van der Waals surface area contributed by atoms with Crippen LogP contribution in [-0.2, 0) is 13.2 Å². The lowest BCUT2D eigenvalue weighted by Crippen LogP contribution is -2.08. The first-order chi connectivity index (χ1) is 9.63. The summed E-state index contributed by atoms with van der Waals surface area (Å²) in [6.07, 6.45) is 0. The van der Waals surface area contributed by atoms with Crippen LogP contribution in [0.4, 0.5) is 8.78 Å². The Bertz CT molecular complexity index is 604. The average molecular weight is 298 g/mol. The Hall–Kier alpha value is -1.65. The minimum absolute atomic E-state index is 0.0793. The van der Waals surface area contributed by atoms with Gasteiger partial charge in [-0.2, -0.15) is 0 Å². The minimum Gasteiger partial charge on any atom is -0.487 e. The molecule has 0 aromatic heterocycles. The standard InChI is InChI=1S/C15H14ClF2NO/c1-19-8-10-4-2-6-12(16)15(10)20-9-11-5-3-7-13(17)14(11)18/h2-7,19H,8-9H2,1H3. The monoisotopic (exact) mass is 297 g/mol. The second-order valence-electron chi connectivity index (χ2n) is 4.26. The molecule has 5 heteroatoms. The van der Waals surface area contributed by atoms with E-state index in [2.05, 4.69) is 5.32 Å². The van der Waals surface area contributed by atoms with Gasteiger partial charge in [-0.15, -0.1) is 0 Å². The Balaban J connectivity index is 2.20. The Morgan fingerprint density at radius 3 is 2.55 bits per heavy atom. The summed E-state index contributed by atoms with van der Waals surface area (Å²) in [6.45, 7) is 0.492. The van der Waals surface area contributed by atoms with E-state index in [0.717, 1.165) is 11.6 Å². The lowest BCUT2D eigenvalue weighted by atomic mass is 10.2. The lowest BCUT2D eigenvalue weighted by Gasteiger charge is -2.13. The van der Waals surface area contributed by atoms with E-state index in [0.29, 0.717) is 17.3 Å². The zero-order valence-corrected chi connectivity index (χ0v) is 11.7. The summed E-state index contributed by atoms with van der Waals surface area (Å²) in [5.41, 5.74) is 1.01. The van der Waals surface area contributed by atoms with Gasteiger partial charge in [-0.3, -0.25) is 0 Å². The molecule has 0 spiro atoms. The maximum atomic E-state index is 13.6. The molecule has 2 aromatic carbocycles. The SMILES string of the molecule is CNCc1cccc(Cl)c1OCc1cccc(F)c1F. The van der Waals surface area contributed by atoms with Gasteiger partial charge in [-0.1, -0.05) is 35.9 Å². The maximum absolute atomic E-state index is 13.6. The van der Waals surface area contributed by atoms with Crippen molar-refractivity contribution in [1.29, 1.82) is 0 Å². The van der Waals surface area contributed by atoms with Gasteiger partial charge in [0.25, 0.3) is 0 Å². The number of nitrogens with one attached hydrogen (secondary N) is 1. The highest BCUT2D eigenvalue weighted by Crippen LogP contribution is 2.29. The summed E-state index contributed by atoms with van der Waals surface area (Å²) in [5, 5.41) is 3.44. The summed E-state index contributed by atoms with van der Waals surface area (Å²) in [5.74, 6) is -1.30. The number of ether oxygens (including phenoxy) is 1. The summed E-state index contributed by atoms with van der Waals surface area (Å²) in [6, 6.07) is 9.36. The minimum atomic E-state index is -0.894. The van der Waals surface area contributed by atoms with Crippen LogP contribution in [-0.4, -0.2) is 7.05 Å². The number of hydrogen-bond donors (Lipinski definition) is 1. The van der Waals surface area contributed by atoms with Gasteiger partial charge in [-0.25, -0.2) is 8.78 Å². The molecule has 0 aliphatic carbocycles. The molecule has 0 bridgehead atoms. The van der Waals surface area contributed by atoms with Crippen LogP contribution in [0.5, 0.6) is 5.75 Å². The quantitative estimate of drug-likeness (QED) is 0.903. The molecule has 0 saturated carbocycles. The molecule has 0 radical (unpaired) electrons. The van der Waals surface area contributed by atoms with Crippen LogP contribution in [0.15, 0.2) is 36.4 Å². The zero-order chi connectivity index (χ0) is 14.5. The van der Waals surface area contributed by atoms with E-state index in [-0.39, 0.29) is 12.2 Å². The van der Waals surface area contributed by atoms with Crippen LogP contribution in [0.1, 0.15) is 11.1 Å². The highest BCUT2D eigenvalue weighted by molar-refractivity contribution is 6.32. The number of rotatable bonds is 5. The number of hydrogen-bond acceptors (Lipinski definition) is 2. The van der Waals surface area contributed by atoms with E-state index in [9.17, 15) is 8.78 Å². The topological polar surface area (TPSA) is 21.3 Å². The van der Waals surface area contributed by atoms with E-state index in [1.807, 2.05) is 12.1 Å². The molecule has 2 rings (SSSR count). The molecule has 0 aliphatic rings. The maximum Gasteiger partial charge on any atom is 0.165 e. The molecule has 0 heterocycles. The van der Waals surface area contributed by atoms with Crippen molar-refractivity contribution in [2.45, 2.75) is 13.2 Å². The van der Waals surface area contributed by atoms with E-state index >= 15 is 0 Å². The van der Waals surface area contributed by atoms with Crippen LogP contribution in [0.25, 0.3) is 0 Å². The van der Waals surface area contributed by atoms with E-state index in [1.54, 1.807) is 13.1 Å². The van der Waals surface area contributed by atoms with E-state index < -0.39 is 11.6 Å². The van der Waals surface area contributed by atoms with Gasteiger partial charge in [0.15, 0.2) is 11.6 Å². The average Bonchev–Trinajstić information content (AvgIpc) is 2.43. The molecule has 2 aromatic rings. The lowest BCUT2D eigenvalue weighted by molar-refractivity contribution is 0.294. The van der Waals surface area contributed by atoms with Gasteiger partial charge in [0.05, 0.1) is 5.02 Å². The Morgan fingerprint density at radius 1 is 1.10 bits per heavy atom. The van der Waals surface area contributed by atoms with Crippen molar-refractivity contribution in [2.24, 2.45) is 0 Å². The van der Waals surface area contributed by atoms with Crippen LogP contribution >= 0.6 is 11.6 Å². The van der Waals surface area contributed by atoms with Gasteiger partial charge < -0.3 is 10.1 Å². The van der Waals surface area contributed by atoms with Crippen molar-refractivity contribution in [2.75, 3.05) is 7.05 Å². The van der Waals surface area contributed by atoms with Gasteiger partial charge in [0.1, 0.15) is 12.4 Å². The number of para-hydroxylation sites is 1. The van der Waals surface area contributed by atoms with Gasteiger partial charge in [0.2, 0.25) is 0 Å². The predicted octanol–water partition coefficient (Wildman–Crippen LogP) is 3.92. The first kappa shape index (κ1) is 14.8. The van der Waals surface area contributed by atoms with E-state index in [1.165, 1.54) is 12.1 Å². The molecule has 0 saturated heterocycles. The predicted molar refractivity (Wildman–Crippen MR) is 74.9 cm³/mol. The van der Waals surface area contributed by atoms with Gasteiger partial charge in [0, 0.05) is 17.7 Å². The van der Waals surface area contributed by atoms with Crippen molar-refractivity contribution in [3.05, 3.63) is 64.2 Å². The van der Waals surface area contributed by atoms with Gasteiger partial charge >= 0.3 is 0 Å². The normalized spacial score (nSPS) is 10.6. The second kappa shape index (κ2) is 6.68. The molecule has 0 unspecified atom stereocenters. The summed E-state index contributed by atoms with van der Waals surface area (Å²) in [4.78, 5) is 0. The van der Waals surface area contributed by atoms with Gasteiger partial charge in [-0.05, 0) is 19.2 Å². The van der Waals surface area contributed by atoms with Crippen molar-refractivity contribution in [3.8, 4) is 5.75 Å². The van der Waals surface area contributed by atoms with Crippen molar-refractivity contribution in [1.82, 2.24) is 5.32 Å². The molecule has 106 valence electrons. The Kier molecular flexibility index (Phi) is 4.93. The largest absolute Gasteiger partial charge is 0.487 e. The molecule has 2 nitrogen and oxygen atoms in total. The summed E-state index contributed by atoms with van der Waals surface area (Å²) in [7, 11) is 1.80. The number of benzene rings is 2. The summed E-state index contributed by atoms with van der Waals surface area (Å²) >= 11 is 6.08. The second-order valence-corrected chi connectivity index (χ2v) is 4.67. The van der Waals surface area contributed by atoms with Crippen molar-refractivity contribution < 1.29 is 13.5 Å². The molecular weight excluding hydrogens is 284 g/mol. The van der Waals surface area contributed by atoms with Crippen molar-refractivity contribution >= 4 is 11.6 Å². The third-order valence-electron chi connectivity index (χ3n) is 2.82. The summed E-state index contributed by atoms with van der Waals surface area (Å²) < 4.78 is 32.2. The molecule has 20 heavy (non-hydrogen) atoms. The molecule has 1 N–H and O–H groups in total. The smallest absolute Gasteiger partial charge is 0.165 e. The van der Waals surface area contributed by atoms with E-state index in [4.69, 9.17) is 16.3 Å². The first-order valence-electron chi connectivity index (χ1n) is 6.11. The molecule has 0 aliphatic heterocycles. The fourth-order valence-electron chi connectivity index (χ4n) is 1.85. The highest BCUT2D eigenvalue weighted by Gasteiger charge is 2.11. The van der Waals surface area contributed by atoms with Crippen LogP contribution in [0, 0.1) is 11.6 Å². The molecule has 0 atom stereocenters. The Labute approximate surface area is 121 Å². The third-order valence-corrected chi connectivity index (χ3v) is 3.12. The fraction of sp³-hybridized carbons (Fsp3) is 0.200. The molecule has 0 amide bonds. The zero-order valence-electron chi connectivity index (χ0n) is 10.9. The molecule has 0 fully saturated rings. The van der Waals surface area contributed by atoms with Crippen molar-refractivity contribution in [3.63, 3.8) is 0 Å². The van der Waals surface area contributed by atoms with Crippen LogP contribution < -0.4 is 10.1 Å². The first-order valence-corrected chi connectivity index (χ1v) is 6.49. The highest BCUT2D eigenvalue weighted by atomic mass is 35.5. The molecular formula is C15H14ClF2NO. The Morgan fingerprint density at radius 2 is 1.80 bits per heavy atom. The fourth-order valence-corrected chi connectivity index (χ4v) is 2.10. The van der Waals surface area contributed by atoms with Crippen LogP contribution in [0.3, 0.4) is 0 Å².